The number of rotatable bonds is 4. The van der Waals surface area contributed by atoms with E-state index in [1.54, 1.807) is 0 Å². The first-order chi connectivity index (χ1) is 13.9. The highest BCUT2D eigenvalue weighted by atomic mass is 32.1. The minimum absolute atomic E-state index is 0.0422. The Labute approximate surface area is 165 Å². The van der Waals surface area contributed by atoms with Crippen LogP contribution in [-0.2, 0) is 6.18 Å². The molecular weight excluding hydrogens is 409 g/mol. The van der Waals surface area contributed by atoms with Crippen molar-refractivity contribution >= 4 is 23.1 Å². The number of amides is 1. The number of nitrogens with zero attached hydrogens (tertiary/aromatic N) is 6. The summed E-state index contributed by atoms with van der Waals surface area (Å²) in [5.74, 6) is -1.22. The maximum Gasteiger partial charge on any atom is 0.419 e. The molecule has 1 amide bonds. The van der Waals surface area contributed by atoms with Crippen LogP contribution in [0.1, 0.15) is 32.4 Å². The highest BCUT2D eigenvalue weighted by molar-refractivity contribution is 7.08. The van der Waals surface area contributed by atoms with Crippen LogP contribution in [0.25, 0.3) is 5.82 Å². The molecule has 1 aliphatic heterocycles. The maximum atomic E-state index is 13.6. The first-order valence-electron chi connectivity index (χ1n) is 8.24. The third kappa shape index (κ3) is 3.55. The molecule has 0 saturated carbocycles. The van der Waals surface area contributed by atoms with Crippen molar-refractivity contribution in [3.05, 3.63) is 46.4 Å². The summed E-state index contributed by atoms with van der Waals surface area (Å²) in [6.07, 6.45) is -0.703. The van der Waals surface area contributed by atoms with Crippen molar-refractivity contribution in [2.75, 3.05) is 18.4 Å². The standard InChI is InChI=1S/C16H11F3N8OS/c17-16(18,19)11-12(9-5-21-6-9)26-29-13(11)15(28)25-10-3-8(4-20)14(22-7-10)27-23-1-2-24-27/h1-3,7,9,21H,5-6H2,(H,25,28). The molecule has 3 aromatic heterocycles. The van der Waals surface area contributed by atoms with Gasteiger partial charge in [0.1, 0.15) is 22.1 Å². The number of anilines is 1. The van der Waals surface area contributed by atoms with E-state index in [-0.39, 0.29) is 28.7 Å². The molecule has 148 valence electrons. The van der Waals surface area contributed by atoms with Crippen molar-refractivity contribution in [1.82, 2.24) is 29.7 Å². The van der Waals surface area contributed by atoms with Gasteiger partial charge in [-0.2, -0.15) is 33.0 Å². The van der Waals surface area contributed by atoms with Crippen LogP contribution in [0.4, 0.5) is 18.9 Å². The van der Waals surface area contributed by atoms with E-state index >= 15 is 0 Å². The fraction of sp³-hybridized carbons (Fsp3) is 0.250. The van der Waals surface area contributed by atoms with Gasteiger partial charge >= 0.3 is 6.18 Å². The number of nitriles is 1. The number of pyridine rings is 1. The first-order valence-corrected chi connectivity index (χ1v) is 9.01. The lowest BCUT2D eigenvalue weighted by Gasteiger charge is -2.26. The van der Waals surface area contributed by atoms with Gasteiger partial charge in [0.15, 0.2) is 5.82 Å². The van der Waals surface area contributed by atoms with E-state index in [4.69, 9.17) is 0 Å². The third-order valence-corrected chi connectivity index (χ3v) is 5.09. The summed E-state index contributed by atoms with van der Waals surface area (Å²) in [7, 11) is 0. The Hall–Kier alpha value is -3.37. The molecule has 0 aromatic carbocycles. The van der Waals surface area contributed by atoms with Gasteiger partial charge in [0, 0.05) is 19.0 Å². The van der Waals surface area contributed by atoms with Crippen molar-refractivity contribution in [2.45, 2.75) is 12.1 Å². The zero-order valence-electron chi connectivity index (χ0n) is 14.4. The molecule has 4 heterocycles. The van der Waals surface area contributed by atoms with Gasteiger partial charge in [-0.05, 0) is 17.6 Å². The summed E-state index contributed by atoms with van der Waals surface area (Å²) in [6, 6.07) is 3.18. The Kier molecular flexibility index (Phi) is 4.73. The number of alkyl halides is 3. The maximum absolute atomic E-state index is 13.6. The summed E-state index contributed by atoms with van der Waals surface area (Å²) in [5, 5.41) is 22.3. The second kappa shape index (κ2) is 7.22. The topological polar surface area (TPSA) is 121 Å². The molecule has 13 heteroatoms. The molecule has 1 aliphatic rings. The van der Waals surface area contributed by atoms with Crippen LogP contribution < -0.4 is 10.6 Å². The van der Waals surface area contributed by atoms with Gasteiger partial charge in [-0.3, -0.25) is 4.79 Å². The molecule has 0 unspecified atom stereocenters. The van der Waals surface area contributed by atoms with Crippen LogP contribution in [0.2, 0.25) is 0 Å². The molecule has 0 bridgehead atoms. The predicted molar refractivity (Wildman–Crippen MR) is 94.5 cm³/mol. The molecule has 0 spiro atoms. The number of carbonyl (C=O) groups excluding carboxylic acids is 1. The van der Waals surface area contributed by atoms with E-state index < -0.39 is 22.5 Å². The van der Waals surface area contributed by atoms with Crippen molar-refractivity contribution in [3.63, 3.8) is 0 Å². The summed E-state index contributed by atoms with van der Waals surface area (Å²) in [6.45, 7) is 0.762. The summed E-state index contributed by atoms with van der Waals surface area (Å²) in [5.41, 5.74) is -1.03. The van der Waals surface area contributed by atoms with Crippen LogP contribution in [0.5, 0.6) is 0 Å². The molecule has 1 saturated heterocycles. The Bertz CT molecular complexity index is 1100. The molecule has 2 N–H and O–H groups in total. The van der Waals surface area contributed by atoms with E-state index in [0.717, 1.165) is 4.80 Å². The van der Waals surface area contributed by atoms with Gasteiger partial charge in [0.25, 0.3) is 5.91 Å². The quantitative estimate of drug-likeness (QED) is 0.662. The Morgan fingerprint density at radius 2 is 2.07 bits per heavy atom. The number of carbonyl (C=O) groups is 1. The average Bonchev–Trinajstić information content (AvgIpc) is 3.29. The van der Waals surface area contributed by atoms with Gasteiger partial charge in [0.05, 0.1) is 30.0 Å². The van der Waals surface area contributed by atoms with Crippen molar-refractivity contribution in [2.24, 2.45) is 0 Å². The van der Waals surface area contributed by atoms with Gasteiger partial charge in [-0.1, -0.05) is 0 Å². The molecule has 0 atom stereocenters. The molecule has 0 aliphatic carbocycles. The minimum Gasteiger partial charge on any atom is -0.320 e. The molecular formula is C16H11F3N8OS. The second-order valence-electron chi connectivity index (χ2n) is 6.10. The lowest BCUT2D eigenvalue weighted by atomic mass is 9.95. The number of hydrogen-bond acceptors (Lipinski definition) is 8. The average molecular weight is 420 g/mol. The van der Waals surface area contributed by atoms with Crippen molar-refractivity contribution in [3.8, 4) is 11.9 Å². The number of nitrogens with one attached hydrogen (secondary N) is 2. The summed E-state index contributed by atoms with van der Waals surface area (Å²) in [4.78, 5) is 17.2. The Morgan fingerprint density at radius 3 is 2.66 bits per heavy atom. The van der Waals surface area contributed by atoms with Crippen molar-refractivity contribution in [1.29, 1.82) is 5.26 Å². The Balaban J connectivity index is 1.63. The van der Waals surface area contributed by atoms with E-state index in [1.165, 1.54) is 24.7 Å². The number of hydrogen-bond donors (Lipinski definition) is 2. The first kappa shape index (κ1) is 19.0. The highest BCUT2D eigenvalue weighted by Crippen LogP contribution is 2.40. The van der Waals surface area contributed by atoms with Crippen LogP contribution in [0, 0.1) is 11.3 Å². The van der Waals surface area contributed by atoms with Gasteiger partial charge in [-0.25, -0.2) is 4.98 Å². The fourth-order valence-corrected chi connectivity index (χ4v) is 3.65. The van der Waals surface area contributed by atoms with Crippen LogP contribution in [-0.4, -0.2) is 43.3 Å². The lowest BCUT2D eigenvalue weighted by Crippen LogP contribution is -2.41. The van der Waals surface area contributed by atoms with E-state index in [9.17, 15) is 23.2 Å². The van der Waals surface area contributed by atoms with Gasteiger partial charge in [0.2, 0.25) is 0 Å². The Morgan fingerprint density at radius 1 is 1.34 bits per heavy atom. The molecule has 0 radical (unpaired) electrons. The van der Waals surface area contributed by atoms with Crippen LogP contribution in [0.3, 0.4) is 0 Å². The third-order valence-electron chi connectivity index (χ3n) is 4.23. The van der Waals surface area contributed by atoms with Crippen LogP contribution >= 0.6 is 11.5 Å². The minimum atomic E-state index is -4.71. The van der Waals surface area contributed by atoms with E-state index in [1.807, 2.05) is 6.07 Å². The number of halogens is 3. The lowest BCUT2D eigenvalue weighted by molar-refractivity contribution is -0.138. The molecule has 4 rings (SSSR count). The van der Waals surface area contributed by atoms with Gasteiger partial charge in [-0.15, -0.1) is 4.80 Å². The van der Waals surface area contributed by atoms with Gasteiger partial charge < -0.3 is 10.6 Å². The largest absolute Gasteiger partial charge is 0.419 e. The van der Waals surface area contributed by atoms with Crippen molar-refractivity contribution < 1.29 is 18.0 Å². The summed E-state index contributed by atoms with van der Waals surface area (Å²) < 4.78 is 44.6. The monoisotopic (exact) mass is 420 g/mol. The predicted octanol–water partition coefficient (Wildman–Crippen LogP) is 1.95. The molecule has 29 heavy (non-hydrogen) atoms. The van der Waals surface area contributed by atoms with Crippen LogP contribution in [0.15, 0.2) is 24.7 Å². The SMILES string of the molecule is N#Cc1cc(NC(=O)c2snc(C3CNC3)c2C(F)(F)F)cnc1-n1nccn1. The van der Waals surface area contributed by atoms with E-state index in [0.29, 0.717) is 24.6 Å². The number of aromatic nitrogens is 5. The zero-order valence-corrected chi connectivity index (χ0v) is 15.3. The summed E-state index contributed by atoms with van der Waals surface area (Å²) >= 11 is 0.500. The molecule has 9 nitrogen and oxygen atoms in total. The van der Waals surface area contributed by atoms with E-state index in [2.05, 4.69) is 30.2 Å². The smallest absolute Gasteiger partial charge is 0.320 e. The zero-order chi connectivity index (χ0) is 20.6. The fourth-order valence-electron chi connectivity index (χ4n) is 2.77. The molecule has 3 aromatic rings. The second-order valence-corrected chi connectivity index (χ2v) is 6.88. The molecule has 1 fully saturated rings. The highest BCUT2D eigenvalue weighted by Gasteiger charge is 2.43. The normalized spacial score (nSPS) is 14.3.